The first-order valence-corrected chi connectivity index (χ1v) is 6.91. The van der Waals surface area contributed by atoms with Crippen molar-refractivity contribution in [1.29, 1.82) is 0 Å². The summed E-state index contributed by atoms with van der Waals surface area (Å²) in [6, 6.07) is 6.67. The van der Waals surface area contributed by atoms with Crippen LogP contribution < -0.4 is 10.6 Å². The van der Waals surface area contributed by atoms with Gasteiger partial charge in [0.05, 0.1) is 0 Å². The van der Waals surface area contributed by atoms with Gasteiger partial charge in [0.25, 0.3) is 5.91 Å². The molecule has 1 aromatic carbocycles. The van der Waals surface area contributed by atoms with Gasteiger partial charge in [-0.05, 0) is 31.2 Å². The fourth-order valence-electron chi connectivity index (χ4n) is 1.47. The van der Waals surface area contributed by atoms with Crippen LogP contribution in [0.3, 0.4) is 0 Å². The maximum Gasteiger partial charge on any atom is 0.257 e. The van der Waals surface area contributed by atoms with E-state index in [2.05, 4.69) is 20.8 Å². The second-order valence-corrected chi connectivity index (χ2v) is 5.24. The Kier molecular flexibility index (Phi) is 4.41. The first kappa shape index (κ1) is 14.1. The molecule has 2 aromatic rings. The summed E-state index contributed by atoms with van der Waals surface area (Å²) in [5.41, 5.74) is 1.16. The Morgan fingerprint density at radius 3 is 2.40 bits per heavy atom. The Morgan fingerprint density at radius 1 is 1.15 bits per heavy atom. The Hall–Kier alpha value is -2.28. The van der Waals surface area contributed by atoms with Crippen LogP contribution in [0, 0.1) is 6.92 Å². The summed E-state index contributed by atoms with van der Waals surface area (Å²) in [4.78, 5) is 23.2. The monoisotopic (exact) mass is 290 g/mol. The third-order valence-electron chi connectivity index (χ3n) is 2.50. The van der Waals surface area contributed by atoms with Crippen LogP contribution in [0.5, 0.6) is 0 Å². The summed E-state index contributed by atoms with van der Waals surface area (Å²) in [5.74, 6) is -0.318. The van der Waals surface area contributed by atoms with Crippen LogP contribution in [0.2, 0.25) is 0 Å². The zero-order valence-corrected chi connectivity index (χ0v) is 12.0. The van der Waals surface area contributed by atoms with E-state index in [4.69, 9.17) is 0 Å². The van der Waals surface area contributed by atoms with Gasteiger partial charge in [0.15, 0.2) is 0 Å². The lowest BCUT2D eigenvalue weighted by Gasteiger charge is -2.05. The average Bonchev–Trinajstić information content (AvgIpc) is 2.84. The molecule has 104 valence electrons. The van der Waals surface area contributed by atoms with Gasteiger partial charge in [-0.25, -0.2) is 0 Å². The average molecular weight is 290 g/mol. The molecule has 1 heterocycles. The number of hydrogen-bond donors (Lipinski definition) is 2. The predicted molar refractivity (Wildman–Crippen MR) is 78.0 cm³/mol. The molecule has 0 fully saturated rings. The standard InChI is InChI=1S/C13H14N4O2S/c1-3-11(18)14-10-6-4-9(5-7-10)12(19)15-13-17-16-8(2)20-13/h4-7H,3H2,1-2H3,(H,14,18)(H,15,17,19). The molecule has 0 atom stereocenters. The first-order chi connectivity index (χ1) is 9.58. The Bertz CT molecular complexity index is 622. The number of carbonyl (C=O) groups excluding carboxylic acids is 2. The number of anilines is 2. The highest BCUT2D eigenvalue weighted by atomic mass is 32.1. The molecular formula is C13H14N4O2S. The number of amides is 2. The van der Waals surface area contributed by atoms with E-state index in [-0.39, 0.29) is 11.8 Å². The molecule has 0 aliphatic carbocycles. The summed E-state index contributed by atoms with van der Waals surface area (Å²) >= 11 is 1.31. The predicted octanol–water partition coefficient (Wildman–Crippen LogP) is 2.45. The van der Waals surface area contributed by atoms with E-state index in [0.717, 1.165) is 5.01 Å². The van der Waals surface area contributed by atoms with Gasteiger partial charge in [-0.15, -0.1) is 10.2 Å². The highest BCUT2D eigenvalue weighted by Crippen LogP contribution is 2.16. The van der Waals surface area contributed by atoms with E-state index >= 15 is 0 Å². The number of hydrogen-bond acceptors (Lipinski definition) is 5. The quantitative estimate of drug-likeness (QED) is 0.906. The fraction of sp³-hybridized carbons (Fsp3) is 0.231. The van der Waals surface area contributed by atoms with Crippen molar-refractivity contribution in [2.45, 2.75) is 20.3 Å². The molecule has 0 saturated carbocycles. The lowest BCUT2D eigenvalue weighted by Crippen LogP contribution is -2.12. The van der Waals surface area contributed by atoms with Gasteiger partial charge < -0.3 is 5.32 Å². The molecule has 20 heavy (non-hydrogen) atoms. The third kappa shape index (κ3) is 3.61. The molecule has 6 nitrogen and oxygen atoms in total. The molecule has 2 rings (SSSR count). The van der Waals surface area contributed by atoms with Crippen LogP contribution in [-0.4, -0.2) is 22.0 Å². The number of nitrogens with zero attached hydrogens (tertiary/aromatic N) is 2. The lowest BCUT2D eigenvalue weighted by molar-refractivity contribution is -0.115. The van der Waals surface area contributed by atoms with Crippen LogP contribution in [0.1, 0.15) is 28.7 Å². The van der Waals surface area contributed by atoms with E-state index in [1.165, 1.54) is 11.3 Å². The van der Waals surface area contributed by atoms with Gasteiger partial charge in [-0.1, -0.05) is 18.3 Å². The summed E-state index contributed by atoms with van der Waals surface area (Å²) in [5, 5.41) is 14.3. The molecule has 0 saturated heterocycles. The molecule has 2 amide bonds. The normalized spacial score (nSPS) is 10.1. The van der Waals surface area contributed by atoms with Crippen LogP contribution in [0.15, 0.2) is 24.3 Å². The molecule has 0 spiro atoms. The van der Waals surface area contributed by atoms with Crippen molar-refractivity contribution in [3.8, 4) is 0 Å². The lowest BCUT2D eigenvalue weighted by atomic mass is 10.2. The minimum Gasteiger partial charge on any atom is -0.326 e. The van der Waals surface area contributed by atoms with E-state index in [1.54, 1.807) is 31.2 Å². The molecule has 0 radical (unpaired) electrons. The highest BCUT2D eigenvalue weighted by molar-refractivity contribution is 7.15. The second-order valence-electron chi connectivity index (χ2n) is 4.06. The van der Waals surface area contributed by atoms with Crippen molar-refractivity contribution in [2.24, 2.45) is 0 Å². The van der Waals surface area contributed by atoms with Crippen LogP contribution >= 0.6 is 11.3 Å². The van der Waals surface area contributed by atoms with Gasteiger partial charge in [-0.2, -0.15) is 0 Å². The molecular weight excluding hydrogens is 276 g/mol. The summed E-state index contributed by atoms with van der Waals surface area (Å²) in [7, 11) is 0. The molecule has 0 aliphatic heterocycles. The summed E-state index contributed by atoms with van der Waals surface area (Å²) < 4.78 is 0. The first-order valence-electron chi connectivity index (χ1n) is 6.10. The zero-order chi connectivity index (χ0) is 14.5. The van der Waals surface area contributed by atoms with Crippen LogP contribution in [-0.2, 0) is 4.79 Å². The molecule has 2 N–H and O–H groups in total. The van der Waals surface area contributed by atoms with E-state index in [9.17, 15) is 9.59 Å². The largest absolute Gasteiger partial charge is 0.326 e. The molecule has 7 heteroatoms. The SMILES string of the molecule is CCC(=O)Nc1ccc(C(=O)Nc2nnc(C)s2)cc1. The van der Waals surface area contributed by atoms with E-state index in [1.807, 2.05) is 6.92 Å². The van der Waals surface area contributed by atoms with Crippen LogP contribution in [0.4, 0.5) is 10.8 Å². The van der Waals surface area contributed by atoms with Gasteiger partial charge in [0.1, 0.15) is 5.01 Å². The fourth-order valence-corrected chi connectivity index (χ4v) is 2.06. The van der Waals surface area contributed by atoms with E-state index < -0.39 is 0 Å². The number of aromatic nitrogens is 2. The van der Waals surface area contributed by atoms with E-state index in [0.29, 0.717) is 22.8 Å². The number of rotatable bonds is 4. The Labute approximate surface area is 120 Å². The van der Waals surface area contributed by atoms with Crippen LogP contribution in [0.25, 0.3) is 0 Å². The number of carbonyl (C=O) groups is 2. The van der Waals surface area contributed by atoms with Gasteiger partial charge in [0.2, 0.25) is 11.0 Å². The molecule has 0 unspecified atom stereocenters. The van der Waals surface area contributed by atoms with Crippen molar-refractivity contribution in [3.63, 3.8) is 0 Å². The minimum absolute atomic E-state index is 0.0634. The minimum atomic E-state index is -0.255. The van der Waals surface area contributed by atoms with Crippen molar-refractivity contribution >= 4 is 34.0 Å². The van der Waals surface area contributed by atoms with Gasteiger partial charge in [-0.3, -0.25) is 14.9 Å². The zero-order valence-electron chi connectivity index (χ0n) is 11.1. The summed E-state index contributed by atoms with van der Waals surface area (Å²) in [6.45, 7) is 3.60. The topological polar surface area (TPSA) is 84.0 Å². The Balaban J connectivity index is 2.02. The van der Waals surface area contributed by atoms with Crippen molar-refractivity contribution in [3.05, 3.63) is 34.8 Å². The highest BCUT2D eigenvalue weighted by Gasteiger charge is 2.09. The summed E-state index contributed by atoms with van der Waals surface area (Å²) in [6.07, 6.45) is 0.415. The Morgan fingerprint density at radius 2 is 1.85 bits per heavy atom. The number of nitrogens with one attached hydrogen (secondary N) is 2. The third-order valence-corrected chi connectivity index (χ3v) is 3.25. The molecule has 0 bridgehead atoms. The maximum absolute atomic E-state index is 12.0. The second kappa shape index (κ2) is 6.25. The molecule has 0 aliphatic rings. The number of benzene rings is 1. The van der Waals surface area contributed by atoms with Gasteiger partial charge in [0, 0.05) is 17.7 Å². The van der Waals surface area contributed by atoms with Crippen molar-refractivity contribution in [2.75, 3.05) is 10.6 Å². The smallest absolute Gasteiger partial charge is 0.257 e. The van der Waals surface area contributed by atoms with Crippen molar-refractivity contribution in [1.82, 2.24) is 10.2 Å². The molecule has 1 aromatic heterocycles. The maximum atomic E-state index is 12.0. The van der Waals surface area contributed by atoms with Gasteiger partial charge >= 0.3 is 0 Å². The number of aryl methyl sites for hydroxylation is 1. The van der Waals surface area contributed by atoms with Crippen molar-refractivity contribution < 1.29 is 9.59 Å².